The SMILES string of the molecule is CC(=O)N1CCN(c2ccc(CN3CC[C@@](O)(c4ccc5ncc(C6CCC(=O)NC6=O)cc5c4F)C(C)(C)C3)cc2)CC1. The summed E-state index contributed by atoms with van der Waals surface area (Å²) < 4.78 is 16.3. The fourth-order valence-corrected chi connectivity index (χ4v) is 7.11. The van der Waals surface area contributed by atoms with E-state index in [4.69, 9.17) is 0 Å². The number of rotatable bonds is 5. The first-order valence-electron chi connectivity index (χ1n) is 15.4. The molecular weight excluding hydrogens is 561 g/mol. The van der Waals surface area contributed by atoms with Gasteiger partial charge in [0.2, 0.25) is 17.7 Å². The molecule has 2 N–H and O–H groups in total. The van der Waals surface area contributed by atoms with Crippen LogP contribution in [-0.4, -0.2) is 76.9 Å². The number of fused-ring (bicyclic) bond motifs is 1. The van der Waals surface area contributed by atoms with E-state index < -0.39 is 28.7 Å². The molecule has 1 aromatic heterocycles. The molecule has 0 saturated carbocycles. The Hall–Kier alpha value is -3.89. The van der Waals surface area contributed by atoms with E-state index in [9.17, 15) is 19.5 Å². The van der Waals surface area contributed by atoms with E-state index in [0.29, 0.717) is 37.0 Å². The summed E-state index contributed by atoms with van der Waals surface area (Å²) in [4.78, 5) is 46.6. The number of piperidine rings is 2. The molecule has 0 radical (unpaired) electrons. The molecule has 1 unspecified atom stereocenters. The minimum absolute atomic E-state index is 0.121. The molecule has 2 atom stereocenters. The summed E-state index contributed by atoms with van der Waals surface area (Å²) in [6, 6.07) is 13.5. The number of benzene rings is 2. The van der Waals surface area contributed by atoms with Gasteiger partial charge >= 0.3 is 0 Å². The van der Waals surface area contributed by atoms with Crippen molar-refractivity contribution in [3.05, 3.63) is 71.2 Å². The van der Waals surface area contributed by atoms with Crippen LogP contribution in [0.4, 0.5) is 10.1 Å². The molecule has 232 valence electrons. The van der Waals surface area contributed by atoms with Crippen molar-refractivity contribution in [3.8, 4) is 0 Å². The molecule has 3 aromatic rings. The van der Waals surface area contributed by atoms with Gasteiger partial charge < -0.3 is 14.9 Å². The number of hydrogen-bond acceptors (Lipinski definition) is 7. The maximum atomic E-state index is 16.3. The fraction of sp³-hybridized carbons (Fsp3) is 0.471. The number of imide groups is 1. The van der Waals surface area contributed by atoms with E-state index in [1.54, 1.807) is 31.3 Å². The van der Waals surface area contributed by atoms with Crippen LogP contribution < -0.4 is 10.2 Å². The summed E-state index contributed by atoms with van der Waals surface area (Å²) in [5.74, 6) is -1.67. The summed E-state index contributed by atoms with van der Waals surface area (Å²) in [5.41, 5.74) is 1.50. The van der Waals surface area contributed by atoms with E-state index in [0.717, 1.165) is 38.4 Å². The molecule has 3 aliphatic rings. The van der Waals surface area contributed by atoms with Crippen molar-refractivity contribution in [2.45, 2.75) is 58.1 Å². The number of nitrogens with one attached hydrogen (secondary N) is 1. The summed E-state index contributed by atoms with van der Waals surface area (Å²) in [6.45, 7) is 10.6. The molecule has 9 nitrogen and oxygen atoms in total. The van der Waals surface area contributed by atoms with Crippen LogP contribution in [0.3, 0.4) is 0 Å². The Bertz CT molecular complexity index is 1600. The van der Waals surface area contributed by atoms with Gasteiger partial charge in [0.15, 0.2) is 0 Å². The third-order valence-electron chi connectivity index (χ3n) is 9.87. The smallest absolute Gasteiger partial charge is 0.234 e. The fourth-order valence-electron chi connectivity index (χ4n) is 7.11. The Morgan fingerprint density at radius 1 is 1.07 bits per heavy atom. The summed E-state index contributed by atoms with van der Waals surface area (Å²) >= 11 is 0. The van der Waals surface area contributed by atoms with Crippen molar-refractivity contribution in [2.75, 3.05) is 44.2 Å². The summed E-state index contributed by atoms with van der Waals surface area (Å²) in [7, 11) is 0. The molecule has 0 spiro atoms. The number of halogens is 1. The number of likely N-dealkylation sites (tertiary alicyclic amines) is 1. The van der Waals surface area contributed by atoms with Crippen LogP contribution in [0.15, 0.2) is 48.7 Å². The number of hydrogen-bond donors (Lipinski definition) is 2. The zero-order chi connectivity index (χ0) is 31.2. The highest BCUT2D eigenvalue weighted by molar-refractivity contribution is 6.01. The van der Waals surface area contributed by atoms with Crippen LogP contribution >= 0.6 is 0 Å². The Labute approximate surface area is 257 Å². The lowest BCUT2D eigenvalue weighted by Crippen LogP contribution is -2.55. The van der Waals surface area contributed by atoms with Gasteiger partial charge in [-0.3, -0.25) is 29.6 Å². The van der Waals surface area contributed by atoms with Gasteiger partial charge in [0.05, 0.1) is 17.0 Å². The zero-order valence-corrected chi connectivity index (χ0v) is 25.6. The Morgan fingerprint density at radius 3 is 2.45 bits per heavy atom. The largest absolute Gasteiger partial charge is 0.384 e. The van der Waals surface area contributed by atoms with Crippen LogP contribution in [-0.2, 0) is 26.5 Å². The third-order valence-corrected chi connectivity index (χ3v) is 9.87. The van der Waals surface area contributed by atoms with Crippen LogP contribution in [0, 0.1) is 11.2 Å². The highest BCUT2D eigenvalue weighted by Crippen LogP contribution is 2.48. The van der Waals surface area contributed by atoms with E-state index in [1.165, 1.54) is 5.56 Å². The number of nitrogens with zero attached hydrogens (tertiary/aromatic N) is 4. The monoisotopic (exact) mass is 601 g/mol. The average Bonchev–Trinajstić information content (AvgIpc) is 2.99. The van der Waals surface area contributed by atoms with Crippen molar-refractivity contribution in [3.63, 3.8) is 0 Å². The first-order valence-corrected chi connectivity index (χ1v) is 15.4. The van der Waals surface area contributed by atoms with E-state index in [2.05, 4.69) is 44.4 Å². The predicted molar refractivity (Wildman–Crippen MR) is 165 cm³/mol. The zero-order valence-electron chi connectivity index (χ0n) is 25.6. The Morgan fingerprint density at radius 2 is 1.80 bits per heavy atom. The normalized spacial score (nSPS) is 24.4. The van der Waals surface area contributed by atoms with Crippen LogP contribution in [0.1, 0.15) is 62.6 Å². The van der Waals surface area contributed by atoms with Gasteiger partial charge in [0.1, 0.15) is 5.82 Å². The highest BCUT2D eigenvalue weighted by atomic mass is 19.1. The molecule has 2 aromatic carbocycles. The van der Waals surface area contributed by atoms with Gasteiger partial charge in [-0.1, -0.05) is 32.0 Å². The lowest BCUT2D eigenvalue weighted by atomic mass is 9.66. The van der Waals surface area contributed by atoms with E-state index in [1.807, 2.05) is 18.7 Å². The van der Waals surface area contributed by atoms with Gasteiger partial charge in [-0.2, -0.15) is 0 Å². The Kier molecular flexibility index (Phi) is 7.92. The number of carbonyl (C=O) groups excluding carboxylic acids is 3. The second kappa shape index (κ2) is 11.6. The molecule has 10 heteroatoms. The second-order valence-electron chi connectivity index (χ2n) is 13.1. The van der Waals surface area contributed by atoms with E-state index >= 15 is 4.39 Å². The Balaban J connectivity index is 1.16. The minimum Gasteiger partial charge on any atom is -0.384 e. The number of piperazine rings is 1. The molecule has 3 amide bonds. The van der Waals surface area contributed by atoms with Gasteiger partial charge in [-0.25, -0.2) is 4.39 Å². The van der Waals surface area contributed by atoms with Crippen molar-refractivity contribution in [2.24, 2.45) is 5.41 Å². The quantitative estimate of drug-likeness (QED) is 0.430. The average molecular weight is 602 g/mol. The van der Waals surface area contributed by atoms with Gasteiger partial charge in [-0.05, 0) is 48.2 Å². The van der Waals surface area contributed by atoms with Crippen LogP contribution in [0.25, 0.3) is 10.9 Å². The molecule has 4 heterocycles. The van der Waals surface area contributed by atoms with Crippen molar-refractivity contribution in [1.29, 1.82) is 0 Å². The standard InChI is InChI=1S/C34H40FN5O4/c1-22(41)39-14-16-40(17-15-39)25-6-4-23(5-7-25)20-38-13-12-34(44,33(2,3)21-38)28-9-10-29-27(31(28)35)18-24(19-36-29)26-8-11-30(42)37-32(26)43/h4-7,9-10,18-19,26,44H,8,11-17,20-21H2,1-3H3,(H,37,42,43)/t26?,34-/m1/s1. The minimum atomic E-state index is -1.40. The van der Waals surface area contributed by atoms with Gasteiger partial charge in [0.25, 0.3) is 0 Å². The molecule has 3 fully saturated rings. The molecule has 44 heavy (non-hydrogen) atoms. The molecular formula is C34H40FN5O4. The molecule has 6 rings (SSSR count). The summed E-state index contributed by atoms with van der Waals surface area (Å²) in [5, 5.41) is 14.7. The van der Waals surface area contributed by atoms with Gasteiger partial charge in [-0.15, -0.1) is 0 Å². The topological polar surface area (TPSA) is 106 Å². The molecule has 0 bridgehead atoms. The number of amides is 3. The number of carbonyl (C=O) groups is 3. The predicted octanol–water partition coefficient (Wildman–Crippen LogP) is 3.68. The lowest BCUT2D eigenvalue weighted by molar-refractivity contribution is -0.134. The van der Waals surface area contributed by atoms with Crippen molar-refractivity contribution >= 4 is 34.3 Å². The van der Waals surface area contributed by atoms with Gasteiger partial charge in [0, 0.05) is 87.4 Å². The van der Waals surface area contributed by atoms with Crippen LogP contribution in [0.2, 0.25) is 0 Å². The third kappa shape index (κ3) is 5.57. The lowest BCUT2D eigenvalue weighted by Gasteiger charge is -2.50. The molecule has 0 aliphatic carbocycles. The number of aromatic nitrogens is 1. The maximum absolute atomic E-state index is 16.3. The highest BCUT2D eigenvalue weighted by Gasteiger charge is 2.50. The number of pyridine rings is 1. The second-order valence-corrected chi connectivity index (χ2v) is 13.1. The first-order chi connectivity index (χ1) is 20.9. The number of aliphatic hydroxyl groups is 1. The van der Waals surface area contributed by atoms with Crippen molar-refractivity contribution < 1.29 is 23.9 Å². The first kappa shape index (κ1) is 30.1. The number of anilines is 1. The van der Waals surface area contributed by atoms with Crippen LogP contribution in [0.5, 0.6) is 0 Å². The molecule has 3 aliphatic heterocycles. The maximum Gasteiger partial charge on any atom is 0.234 e. The summed E-state index contributed by atoms with van der Waals surface area (Å²) in [6.07, 6.45) is 2.51. The molecule has 3 saturated heterocycles. The van der Waals surface area contributed by atoms with E-state index in [-0.39, 0.29) is 29.2 Å². The van der Waals surface area contributed by atoms with Crippen molar-refractivity contribution in [1.82, 2.24) is 20.1 Å².